The maximum absolute atomic E-state index is 12.7. The molecule has 2 N–H and O–H groups in total. The van der Waals surface area contributed by atoms with Crippen molar-refractivity contribution in [2.45, 2.75) is 19.5 Å². The minimum atomic E-state index is -4.40. The molecular weight excluding hydrogens is 431 g/mol. The maximum atomic E-state index is 12.7. The number of hydrogen-bond acceptors (Lipinski definition) is 5. The Morgan fingerprint density at radius 1 is 1.10 bits per heavy atom. The van der Waals surface area contributed by atoms with Gasteiger partial charge in [-0.05, 0) is 30.3 Å². The molecule has 0 fully saturated rings. The van der Waals surface area contributed by atoms with Gasteiger partial charge in [-0.1, -0.05) is 12.1 Å². The second-order valence-corrected chi connectivity index (χ2v) is 7.40. The van der Waals surface area contributed by atoms with Crippen molar-refractivity contribution in [1.29, 1.82) is 0 Å². The zero-order valence-electron chi connectivity index (χ0n) is 16.5. The fourth-order valence-electron chi connectivity index (χ4n) is 2.77. The molecule has 2 aromatic carbocycles. The van der Waals surface area contributed by atoms with E-state index in [2.05, 4.69) is 15.6 Å². The van der Waals surface area contributed by atoms with Gasteiger partial charge in [0.2, 0.25) is 11.8 Å². The van der Waals surface area contributed by atoms with E-state index in [0.29, 0.717) is 33.4 Å². The van der Waals surface area contributed by atoms with E-state index in [0.717, 1.165) is 12.1 Å². The Morgan fingerprint density at radius 2 is 1.81 bits per heavy atom. The molecule has 0 spiro atoms. The molecule has 0 aliphatic carbocycles. The van der Waals surface area contributed by atoms with Gasteiger partial charge in [-0.3, -0.25) is 9.59 Å². The van der Waals surface area contributed by atoms with Gasteiger partial charge in [-0.15, -0.1) is 11.3 Å². The fourth-order valence-corrected chi connectivity index (χ4v) is 3.59. The van der Waals surface area contributed by atoms with E-state index >= 15 is 0 Å². The first-order valence-electron chi connectivity index (χ1n) is 9.03. The predicted molar refractivity (Wildman–Crippen MR) is 112 cm³/mol. The molecule has 0 bridgehead atoms. The van der Waals surface area contributed by atoms with Crippen molar-refractivity contribution >= 4 is 34.5 Å². The maximum Gasteiger partial charge on any atom is 0.416 e. The number of carbonyl (C=O) groups is 2. The molecule has 0 aliphatic heterocycles. The lowest BCUT2D eigenvalue weighted by atomic mass is 10.1. The first-order valence-corrected chi connectivity index (χ1v) is 9.91. The molecular formula is C21H18F3N3O3S. The molecule has 0 unspecified atom stereocenters. The van der Waals surface area contributed by atoms with Gasteiger partial charge in [0.25, 0.3) is 0 Å². The summed E-state index contributed by atoms with van der Waals surface area (Å²) < 4.78 is 43.3. The molecule has 162 valence electrons. The minimum Gasteiger partial charge on any atom is -0.495 e. The van der Waals surface area contributed by atoms with Crippen LogP contribution in [-0.2, 0) is 22.2 Å². The van der Waals surface area contributed by atoms with Gasteiger partial charge in [0.05, 0.1) is 30.5 Å². The average Bonchev–Trinajstić information content (AvgIpc) is 3.15. The van der Waals surface area contributed by atoms with Gasteiger partial charge < -0.3 is 15.4 Å². The normalized spacial score (nSPS) is 11.1. The molecule has 3 rings (SSSR count). The number of nitrogens with zero attached hydrogens (tertiary/aromatic N) is 1. The number of aromatic nitrogens is 1. The Hall–Kier alpha value is -3.40. The number of benzene rings is 2. The third kappa shape index (κ3) is 5.82. The first-order chi connectivity index (χ1) is 14.7. The Morgan fingerprint density at radius 3 is 2.42 bits per heavy atom. The number of alkyl halides is 3. The van der Waals surface area contributed by atoms with Crippen molar-refractivity contribution in [3.63, 3.8) is 0 Å². The van der Waals surface area contributed by atoms with Crippen LogP contribution in [0.3, 0.4) is 0 Å². The van der Waals surface area contributed by atoms with Gasteiger partial charge in [0, 0.05) is 23.6 Å². The lowest BCUT2D eigenvalue weighted by molar-refractivity contribution is -0.137. The quantitative estimate of drug-likeness (QED) is 0.557. The molecule has 1 heterocycles. The number of ether oxygens (including phenoxy) is 1. The Balaban J connectivity index is 1.70. The number of methoxy groups -OCH3 is 1. The van der Waals surface area contributed by atoms with Crippen molar-refractivity contribution in [1.82, 2.24) is 4.98 Å². The predicted octanol–water partition coefficient (Wildman–Crippen LogP) is 4.98. The van der Waals surface area contributed by atoms with Crippen LogP contribution in [0.1, 0.15) is 18.2 Å². The van der Waals surface area contributed by atoms with Gasteiger partial charge in [-0.2, -0.15) is 13.2 Å². The number of carbonyl (C=O) groups excluding carboxylic acids is 2. The number of anilines is 2. The summed E-state index contributed by atoms with van der Waals surface area (Å²) in [5.41, 5.74) is 1.17. The van der Waals surface area contributed by atoms with E-state index < -0.39 is 11.7 Å². The largest absolute Gasteiger partial charge is 0.495 e. The van der Waals surface area contributed by atoms with E-state index in [1.165, 1.54) is 37.5 Å². The minimum absolute atomic E-state index is 0.0371. The molecule has 0 atom stereocenters. The molecule has 1 aromatic heterocycles. The summed E-state index contributed by atoms with van der Waals surface area (Å²) in [6.07, 6.45) is -4.44. The third-order valence-electron chi connectivity index (χ3n) is 4.15. The van der Waals surface area contributed by atoms with Crippen LogP contribution in [0, 0.1) is 0 Å². The van der Waals surface area contributed by atoms with Gasteiger partial charge in [-0.25, -0.2) is 4.98 Å². The average molecular weight is 449 g/mol. The molecule has 6 nitrogen and oxygen atoms in total. The fraction of sp³-hybridized carbons (Fsp3) is 0.190. The lowest BCUT2D eigenvalue weighted by Crippen LogP contribution is -2.15. The molecule has 2 amide bonds. The summed E-state index contributed by atoms with van der Waals surface area (Å²) in [6.45, 7) is 1.37. The van der Waals surface area contributed by atoms with Crippen LogP contribution in [0.25, 0.3) is 10.6 Å². The second-order valence-electron chi connectivity index (χ2n) is 6.54. The van der Waals surface area contributed by atoms with Crippen LogP contribution in [0.5, 0.6) is 5.75 Å². The number of thiazole rings is 1. The number of amides is 2. The molecule has 31 heavy (non-hydrogen) atoms. The van der Waals surface area contributed by atoms with Crippen molar-refractivity contribution in [3.05, 3.63) is 59.1 Å². The number of rotatable bonds is 6. The summed E-state index contributed by atoms with van der Waals surface area (Å²) >= 11 is 1.24. The van der Waals surface area contributed by atoms with Gasteiger partial charge >= 0.3 is 6.18 Å². The SMILES string of the molecule is COc1ccc(NC(C)=O)cc1NC(=O)Cc1csc(-c2ccc(C(F)(F)F)cc2)n1. The van der Waals surface area contributed by atoms with Gasteiger partial charge in [0.1, 0.15) is 10.8 Å². The Kier molecular flexibility index (Phi) is 6.59. The smallest absolute Gasteiger partial charge is 0.416 e. The van der Waals surface area contributed by atoms with Crippen LogP contribution in [-0.4, -0.2) is 23.9 Å². The number of hydrogen-bond donors (Lipinski definition) is 2. The molecule has 3 aromatic rings. The van der Waals surface area contributed by atoms with E-state index in [-0.39, 0.29) is 18.2 Å². The summed E-state index contributed by atoms with van der Waals surface area (Å²) in [5, 5.41) is 7.54. The highest BCUT2D eigenvalue weighted by Gasteiger charge is 2.30. The Bertz CT molecular complexity index is 1100. The number of halogens is 3. The molecule has 10 heteroatoms. The van der Waals surface area contributed by atoms with Crippen LogP contribution < -0.4 is 15.4 Å². The van der Waals surface area contributed by atoms with Crippen molar-refractivity contribution in [2.24, 2.45) is 0 Å². The first kappa shape index (κ1) is 22.3. The monoisotopic (exact) mass is 449 g/mol. The van der Waals surface area contributed by atoms with Crippen molar-refractivity contribution in [2.75, 3.05) is 17.7 Å². The standard InChI is InChI=1S/C21H18F3N3O3S/c1-12(28)25-15-7-8-18(30-2)17(9-15)27-19(29)10-16-11-31-20(26-16)13-3-5-14(6-4-13)21(22,23)24/h3-9,11H,10H2,1-2H3,(H,25,28)(H,27,29). The molecule has 0 saturated heterocycles. The van der Waals surface area contributed by atoms with Crippen LogP contribution in [0.15, 0.2) is 47.8 Å². The summed E-state index contributed by atoms with van der Waals surface area (Å²) in [4.78, 5) is 28.0. The topological polar surface area (TPSA) is 80.3 Å². The Labute approximate surface area is 180 Å². The summed E-state index contributed by atoms with van der Waals surface area (Å²) in [5.74, 6) is -0.186. The van der Waals surface area contributed by atoms with E-state index in [9.17, 15) is 22.8 Å². The van der Waals surface area contributed by atoms with Crippen LogP contribution in [0.2, 0.25) is 0 Å². The lowest BCUT2D eigenvalue weighted by Gasteiger charge is -2.12. The highest BCUT2D eigenvalue weighted by Crippen LogP contribution is 2.32. The van der Waals surface area contributed by atoms with E-state index in [1.807, 2.05) is 0 Å². The van der Waals surface area contributed by atoms with E-state index in [1.54, 1.807) is 23.6 Å². The zero-order chi connectivity index (χ0) is 22.6. The zero-order valence-corrected chi connectivity index (χ0v) is 17.4. The van der Waals surface area contributed by atoms with Crippen molar-refractivity contribution in [3.8, 4) is 16.3 Å². The van der Waals surface area contributed by atoms with Crippen LogP contribution in [0.4, 0.5) is 24.5 Å². The van der Waals surface area contributed by atoms with Gasteiger partial charge in [0.15, 0.2) is 0 Å². The van der Waals surface area contributed by atoms with Crippen molar-refractivity contribution < 1.29 is 27.5 Å². The second kappa shape index (κ2) is 9.17. The summed E-state index contributed by atoms with van der Waals surface area (Å²) in [7, 11) is 1.46. The highest BCUT2D eigenvalue weighted by molar-refractivity contribution is 7.13. The van der Waals surface area contributed by atoms with E-state index in [4.69, 9.17) is 4.74 Å². The molecule has 0 saturated carbocycles. The third-order valence-corrected chi connectivity index (χ3v) is 5.09. The number of nitrogens with one attached hydrogen (secondary N) is 2. The summed E-state index contributed by atoms with van der Waals surface area (Å²) in [6, 6.07) is 9.54. The van der Waals surface area contributed by atoms with Crippen LogP contribution >= 0.6 is 11.3 Å². The molecule has 0 radical (unpaired) electrons. The highest BCUT2D eigenvalue weighted by atomic mass is 32.1. The molecule has 0 aliphatic rings.